The van der Waals surface area contributed by atoms with Gasteiger partial charge < -0.3 is 4.74 Å². The molecule has 0 saturated carbocycles. The molecule has 0 saturated heterocycles. The third-order valence-electron chi connectivity index (χ3n) is 1.97. The topological polar surface area (TPSA) is 26.3 Å². The van der Waals surface area contributed by atoms with E-state index >= 15 is 0 Å². The van der Waals surface area contributed by atoms with Gasteiger partial charge >= 0.3 is 0 Å². The lowest BCUT2D eigenvalue weighted by molar-refractivity contribution is -0.124. The molecular weight excluding hydrogens is 275 g/mol. The van der Waals surface area contributed by atoms with Crippen LogP contribution in [-0.2, 0) is 16.0 Å². The molecule has 0 N–H and O–H groups in total. The van der Waals surface area contributed by atoms with Crippen molar-refractivity contribution in [1.29, 1.82) is 0 Å². The van der Waals surface area contributed by atoms with Crippen molar-refractivity contribution in [2.24, 2.45) is 0 Å². The van der Waals surface area contributed by atoms with Crippen LogP contribution in [0.1, 0.15) is 19.4 Å². The standard InChI is InChI=1S/C12H14BrFO2/c1-8(2)16-7-11(15)6-9-5-10(14)3-4-12(9)13/h3-5,8H,6-7H2,1-2H3. The Morgan fingerprint density at radius 1 is 1.50 bits per heavy atom. The second-order valence-corrected chi connectivity index (χ2v) is 4.67. The van der Waals surface area contributed by atoms with E-state index < -0.39 is 0 Å². The summed E-state index contributed by atoms with van der Waals surface area (Å²) < 4.78 is 18.9. The van der Waals surface area contributed by atoms with Crippen molar-refractivity contribution in [3.05, 3.63) is 34.1 Å². The molecule has 0 radical (unpaired) electrons. The van der Waals surface area contributed by atoms with Crippen molar-refractivity contribution >= 4 is 21.7 Å². The van der Waals surface area contributed by atoms with Gasteiger partial charge in [0.15, 0.2) is 5.78 Å². The van der Waals surface area contributed by atoms with Crippen molar-refractivity contribution in [2.45, 2.75) is 26.4 Å². The van der Waals surface area contributed by atoms with E-state index in [4.69, 9.17) is 4.74 Å². The molecule has 0 atom stereocenters. The number of halogens is 2. The Balaban J connectivity index is 2.59. The zero-order chi connectivity index (χ0) is 12.1. The van der Waals surface area contributed by atoms with E-state index in [2.05, 4.69) is 15.9 Å². The quantitative estimate of drug-likeness (QED) is 0.832. The predicted octanol–water partition coefficient (Wildman–Crippen LogP) is 3.12. The zero-order valence-corrected chi connectivity index (χ0v) is 10.9. The molecule has 1 aromatic rings. The monoisotopic (exact) mass is 288 g/mol. The van der Waals surface area contributed by atoms with Gasteiger partial charge in [0.25, 0.3) is 0 Å². The molecule has 88 valence electrons. The number of ether oxygens (including phenoxy) is 1. The molecule has 0 heterocycles. The molecule has 0 aromatic heterocycles. The van der Waals surface area contributed by atoms with E-state index in [1.807, 2.05) is 13.8 Å². The Hall–Kier alpha value is -0.740. The number of carbonyl (C=O) groups excluding carboxylic acids is 1. The Kier molecular flexibility index (Phi) is 5.09. The van der Waals surface area contributed by atoms with Crippen LogP contribution in [0.15, 0.2) is 22.7 Å². The molecular formula is C12H14BrFO2. The molecule has 2 nitrogen and oxygen atoms in total. The summed E-state index contributed by atoms with van der Waals surface area (Å²) in [4.78, 5) is 11.5. The minimum absolute atomic E-state index is 0.0277. The fraction of sp³-hybridized carbons (Fsp3) is 0.417. The second-order valence-electron chi connectivity index (χ2n) is 3.81. The average Bonchev–Trinajstić information content (AvgIpc) is 2.20. The number of hydrogen-bond acceptors (Lipinski definition) is 2. The molecule has 0 aliphatic heterocycles. The summed E-state index contributed by atoms with van der Waals surface area (Å²) in [6, 6.07) is 4.31. The maximum Gasteiger partial charge on any atom is 0.162 e. The summed E-state index contributed by atoms with van der Waals surface area (Å²) in [5, 5.41) is 0. The first-order chi connectivity index (χ1) is 7.49. The molecule has 0 aliphatic rings. The highest BCUT2D eigenvalue weighted by atomic mass is 79.9. The van der Waals surface area contributed by atoms with Gasteiger partial charge in [-0.05, 0) is 37.6 Å². The number of hydrogen-bond donors (Lipinski definition) is 0. The summed E-state index contributed by atoms with van der Waals surface area (Å²) in [5.74, 6) is -0.393. The van der Waals surface area contributed by atoms with Crippen LogP contribution >= 0.6 is 15.9 Å². The predicted molar refractivity (Wildman–Crippen MR) is 63.9 cm³/mol. The van der Waals surface area contributed by atoms with E-state index in [0.717, 1.165) is 4.47 Å². The Morgan fingerprint density at radius 3 is 2.81 bits per heavy atom. The maximum atomic E-state index is 12.9. The van der Waals surface area contributed by atoms with Gasteiger partial charge in [0.2, 0.25) is 0 Å². The normalized spacial score (nSPS) is 10.8. The molecule has 0 aliphatic carbocycles. The molecule has 0 fully saturated rings. The van der Waals surface area contributed by atoms with E-state index in [9.17, 15) is 9.18 Å². The van der Waals surface area contributed by atoms with Gasteiger partial charge in [0.1, 0.15) is 12.4 Å². The largest absolute Gasteiger partial charge is 0.371 e. The third kappa shape index (κ3) is 4.41. The van der Waals surface area contributed by atoms with Gasteiger partial charge in [-0.2, -0.15) is 0 Å². The average molecular weight is 289 g/mol. The van der Waals surface area contributed by atoms with Gasteiger partial charge in [-0.3, -0.25) is 4.79 Å². The summed E-state index contributed by atoms with van der Waals surface area (Å²) >= 11 is 3.28. The first-order valence-electron chi connectivity index (χ1n) is 5.06. The van der Waals surface area contributed by atoms with Crippen LogP contribution in [0.2, 0.25) is 0 Å². The highest BCUT2D eigenvalue weighted by molar-refractivity contribution is 9.10. The lowest BCUT2D eigenvalue weighted by Crippen LogP contribution is -2.15. The molecule has 0 unspecified atom stereocenters. The van der Waals surface area contributed by atoms with Crippen molar-refractivity contribution in [3.8, 4) is 0 Å². The van der Waals surface area contributed by atoms with Gasteiger partial charge in [-0.25, -0.2) is 4.39 Å². The van der Waals surface area contributed by atoms with Crippen molar-refractivity contribution in [1.82, 2.24) is 0 Å². The third-order valence-corrected chi connectivity index (χ3v) is 2.75. The highest BCUT2D eigenvalue weighted by Gasteiger charge is 2.09. The van der Waals surface area contributed by atoms with Gasteiger partial charge in [-0.15, -0.1) is 0 Å². The van der Waals surface area contributed by atoms with Gasteiger partial charge in [-0.1, -0.05) is 15.9 Å². The van der Waals surface area contributed by atoms with Crippen LogP contribution in [0.25, 0.3) is 0 Å². The van der Waals surface area contributed by atoms with Crippen LogP contribution in [-0.4, -0.2) is 18.5 Å². The van der Waals surface area contributed by atoms with Crippen LogP contribution in [0.5, 0.6) is 0 Å². The van der Waals surface area contributed by atoms with Crippen molar-refractivity contribution < 1.29 is 13.9 Å². The smallest absolute Gasteiger partial charge is 0.162 e. The first kappa shape index (κ1) is 13.3. The lowest BCUT2D eigenvalue weighted by Gasteiger charge is -2.07. The molecule has 4 heteroatoms. The van der Waals surface area contributed by atoms with E-state index in [1.165, 1.54) is 12.1 Å². The maximum absolute atomic E-state index is 12.9. The first-order valence-corrected chi connectivity index (χ1v) is 5.85. The summed E-state index contributed by atoms with van der Waals surface area (Å²) in [6.07, 6.45) is 0.213. The summed E-state index contributed by atoms with van der Waals surface area (Å²) in [6.45, 7) is 3.80. The Labute approximate surface area is 103 Å². The number of Topliss-reactive ketones (excluding diaryl/α,β-unsaturated/α-hetero) is 1. The Morgan fingerprint density at radius 2 is 2.19 bits per heavy atom. The van der Waals surface area contributed by atoms with Crippen LogP contribution in [0.3, 0.4) is 0 Å². The van der Waals surface area contributed by atoms with Gasteiger partial charge in [0.05, 0.1) is 6.10 Å². The van der Waals surface area contributed by atoms with Crippen LogP contribution < -0.4 is 0 Å². The number of carbonyl (C=O) groups is 1. The van der Waals surface area contributed by atoms with E-state index in [0.29, 0.717) is 5.56 Å². The minimum Gasteiger partial charge on any atom is -0.371 e. The fourth-order valence-electron chi connectivity index (χ4n) is 1.20. The minimum atomic E-state index is -0.337. The summed E-state index contributed by atoms with van der Waals surface area (Å²) in [7, 11) is 0. The molecule has 0 amide bonds. The molecule has 0 bridgehead atoms. The fourth-order valence-corrected chi connectivity index (χ4v) is 1.59. The SMILES string of the molecule is CC(C)OCC(=O)Cc1cc(F)ccc1Br. The number of ketones is 1. The lowest BCUT2D eigenvalue weighted by atomic mass is 10.1. The highest BCUT2D eigenvalue weighted by Crippen LogP contribution is 2.18. The van der Waals surface area contributed by atoms with Crippen molar-refractivity contribution in [3.63, 3.8) is 0 Å². The second kappa shape index (κ2) is 6.11. The van der Waals surface area contributed by atoms with Crippen LogP contribution in [0.4, 0.5) is 4.39 Å². The van der Waals surface area contributed by atoms with E-state index in [1.54, 1.807) is 6.07 Å². The van der Waals surface area contributed by atoms with E-state index in [-0.39, 0.29) is 30.7 Å². The number of benzene rings is 1. The molecule has 0 spiro atoms. The van der Waals surface area contributed by atoms with Crippen molar-refractivity contribution in [2.75, 3.05) is 6.61 Å². The van der Waals surface area contributed by atoms with Gasteiger partial charge in [0, 0.05) is 10.9 Å². The van der Waals surface area contributed by atoms with Crippen LogP contribution in [0, 0.1) is 5.82 Å². The molecule has 1 aromatic carbocycles. The summed E-state index contributed by atoms with van der Waals surface area (Å²) in [5.41, 5.74) is 0.650. The zero-order valence-electron chi connectivity index (χ0n) is 9.30. The molecule has 1 rings (SSSR count). The Bertz CT molecular complexity index is 377. The molecule has 16 heavy (non-hydrogen) atoms. The number of rotatable bonds is 5.